The Kier molecular flexibility index (Phi) is 5.70. The van der Waals surface area contributed by atoms with E-state index in [-0.39, 0.29) is 23.3 Å². The molecule has 3 aromatic rings. The topological polar surface area (TPSA) is 96.2 Å². The number of rotatable bonds is 6. The van der Waals surface area contributed by atoms with Crippen LogP contribution < -0.4 is 9.47 Å². The predicted octanol–water partition coefficient (Wildman–Crippen LogP) is 2.89. The van der Waals surface area contributed by atoms with Crippen LogP contribution >= 0.6 is 0 Å². The molecule has 1 aromatic carbocycles. The van der Waals surface area contributed by atoms with E-state index in [1.807, 2.05) is 0 Å². The Morgan fingerprint density at radius 1 is 1.07 bits per heavy atom. The van der Waals surface area contributed by atoms with Crippen LogP contribution in [0.3, 0.4) is 0 Å². The van der Waals surface area contributed by atoms with Crippen LogP contribution in [0.4, 0.5) is 13.2 Å². The summed E-state index contributed by atoms with van der Waals surface area (Å²) in [7, 11) is -1.21. The molecule has 0 amide bonds. The van der Waals surface area contributed by atoms with Crippen molar-refractivity contribution in [2.45, 2.75) is 17.9 Å². The Morgan fingerprint density at radius 3 is 2.23 bits per heavy atom. The lowest BCUT2D eigenvalue weighted by Gasteiger charge is -2.16. The van der Waals surface area contributed by atoms with Gasteiger partial charge in [-0.15, -0.1) is 0 Å². The van der Waals surface area contributed by atoms with Gasteiger partial charge in [0.1, 0.15) is 12.3 Å². The van der Waals surface area contributed by atoms with E-state index < -0.39 is 33.3 Å². The number of ether oxygens (including phenoxy) is 2. The fourth-order valence-electron chi connectivity index (χ4n) is 2.66. The molecule has 0 aliphatic carbocycles. The van der Waals surface area contributed by atoms with Crippen LogP contribution in [0.2, 0.25) is 0 Å². The Labute approximate surface area is 170 Å². The molecule has 12 heteroatoms. The molecule has 0 saturated heterocycles. The number of methoxy groups -OCH3 is 1. The Morgan fingerprint density at radius 2 is 1.70 bits per heavy atom. The molecule has 0 bridgehead atoms. The van der Waals surface area contributed by atoms with E-state index >= 15 is 0 Å². The van der Waals surface area contributed by atoms with Crippen molar-refractivity contribution in [2.75, 3.05) is 13.4 Å². The summed E-state index contributed by atoms with van der Waals surface area (Å²) in [5.41, 5.74) is -0.694. The molecule has 8 nitrogen and oxygen atoms in total. The quantitative estimate of drug-likeness (QED) is 0.579. The summed E-state index contributed by atoms with van der Waals surface area (Å²) >= 11 is 0. The van der Waals surface area contributed by atoms with Gasteiger partial charge in [0.15, 0.2) is 11.4 Å². The van der Waals surface area contributed by atoms with E-state index in [2.05, 4.69) is 15.0 Å². The molecule has 0 aliphatic heterocycles. The van der Waals surface area contributed by atoms with E-state index in [1.165, 1.54) is 17.8 Å². The number of hydrogen-bond acceptors (Lipinski definition) is 7. The summed E-state index contributed by atoms with van der Waals surface area (Å²) in [6, 6.07) is 8.57. The number of hydrogen-bond donors (Lipinski definition) is 0. The number of aryl methyl sites for hydroxylation is 1. The molecule has 30 heavy (non-hydrogen) atoms. The van der Waals surface area contributed by atoms with Gasteiger partial charge in [0.2, 0.25) is 26.8 Å². The molecule has 3 rings (SSSR count). The number of alkyl halides is 3. The van der Waals surface area contributed by atoms with Crippen molar-refractivity contribution in [3.63, 3.8) is 0 Å². The molecule has 2 heterocycles. The van der Waals surface area contributed by atoms with Crippen LogP contribution in [0.15, 0.2) is 41.7 Å². The average molecular weight is 442 g/mol. The minimum Gasteiger partial charge on any atom is -0.480 e. The minimum absolute atomic E-state index is 0.0467. The second-order valence-electron chi connectivity index (χ2n) is 6.30. The zero-order valence-electron chi connectivity index (χ0n) is 16.1. The first-order valence-corrected chi connectivity index (χ1v) is 10.3. The number of imidazole rings is 1. The van der Waals surface area contributed by atoms with Crippen molar-refractivity contribution in [3.05, 3.63) is 47.7 Å². The zero-order chi connectivity index (χ0) is 22.1. The molecular weight excluding hydrogens is 425 g/mol. The van der Waals surface area contributed by atoms with E-state index in [0.717, 1.165) is 13.4 Å². The number of aromatic nitrogens is 4. The lowest BCUT2D eigenvalue weighted by atomic mass is 10.2. The molecule has 0 spiro atoms. The SMILES string of the molecule is COc1nc(-c2cn(C)c(S(C)(=O)=O)n2)nc(OCc2ccccc2)c1C(F)(F)F. The molecule has 0 fully saturated rings. The van der Waals surface area contributed by atoms with Crippen molar-refractivity contribution >= 4 is 9.84 Å². The first-order chi connectivity index (χ1) is 14.0. The van der Waals surface area contributed by atoms with Crippen molar-refractivity contribution < 1.29 is 31.1 Å². The van der Waals surface area contributed by atoms with E-state index in [0.29, 0.717) is 5.56 Å². The van der Waals surface area contributed by atoms with Crippen molar-refractivity contribution in [1.29, 1.82) is 0 Å². The summed E-state index contributed by atoms with van der Waals surface area (Å²) in [6.45, 7) is -0.180. The van der Waals surface area contributed by atoms with Crippen LogP contribution in [-0.2, 0) is 29.7 Å². The maximum atomic E-state index is 13.6. The van der Waals surface area contributed by atoms with Crippen LogP contribution in [0.5, 0.6) is 11.8 Å². The summed E-state index contributed by atoms with van der Waals surface area (Å²) in [6.07, 6.45) is -2.60. The van der Waals surface area contributed by atoms with Gasteiger partial charge in [-0.25, -0.2) is 13.4 Å². The van der Waals surface area contributed by atoms with E-state index in [9.17, 15) is 21.6 Å². The molecule has 0 unspecified atom stereocenters. The smallest absolute Gasteiger partial charge is 0.426 e. The van der Waals surface area contributed by atoms with Gasteiger partial charge in [-0.2, -0.15) is 23.1 Å². The highest BCUT2D eigenvalue weighted by atomic mass is 32.2. The van der Waals surface area contributed by atoms with Gasteiger partial charge in [0.05, 0.1) is 7.11 Å². The maximum Gasteiger partial charge on any atom is 0.426 e. The molecular formula is C18H17F3N4O4S. The third-order valence-corrected chi connectivity index (χ3v) is 4.97. The molecule has 2 aromatic heterocycles. The lowest BCUT2D eigenvalue weighted by molar-refractivity contribution is -0.140. The van der Waals surface area contributed by atoms with E-state index in [4.69, 9.17) is 9.47 Å². The first kappa shape index (κ1) is 21.6. The van der Waals surface area contributed by atoms with Gasteiger partial charge in [-0.1, -0.05) is 30.3 Å². The zero-order valence-corrected chi connectivity index (χ0v) is 17.0. The van der Waals surface area contributed by atoms with Crippen LogP contribution in [0.1, 0.15) is 11.1 Å². The molecule has 0 atom stereocenters. The van der Waals surface area contributed by atoms with Gasteiger partial charge in [-0.05, 0) is 5.56 Å². The molecule has 160 valence electrons. The number of nitrogens with zero attached hydrogens (tertiary/aromatic N) is 4. The molecule has 0 radical (unpaired) electrons. The molecule has 0 aliphatic rings. The maximum absolute atomic E-state index is 13.6. The monoisotopic (exact) mass is 442 g/mol. The van der Waals surface area contributed by atoms with Gasteiger partial charge in [0.25, 0.3) is 0 Å². The van der Waals surface area contributed by atoms with Crippen LogP contribution in [0.25, 0.3) is 11.5 Å². The second kappa shape index (κ2) is 7.94. The third-order valence-electron chi connectivity index (χ3n) is 3.93. The van der Waals surface area contributed by atoms with Gasteiger partial charge < -0.3 is 14.0 Å². The second-order valence-corrected chi connectivity index (χ2v) is 8.21. The summed E-state index contributed by atoms with van der Waals surface area (Å²) in [5, 5.41) is -0.285. The molecule has 0 N–H and O–H groups in total. The van der Waals surface area contributed by atoms with Gasteiger partial charge in [-0.3, -0.25) is 0 Å². The van der Waals surface area contributed by atoms with Crippen LogP contribution in [-0.4, -0.2) is 41.3 Å². The average Bonchev–Trinajstić information content (AvgIpc) is 3.07. The van der Waals surface area contributed by atoms with Gasteiger partial charge in [0, 0.05) is 19.5 Å². The number of benzene rings is 1. The van der Waals surface area contributed by atoms with E-state index in [1.54, 1.807) is 30.3 Å². The fraction of sp³-hybridized carbons (Fsp3) is 0.278. The van der Waals surface area contributed by atoms with Crippen molar-refractivity contribution in [2.24, 2.45) is 7.05 Å². The minimum atomic E-state index is -4.85. The highest BCUT2D eigenvalue weighted by molar-refractivity contribution is 7.90. The van der Waals surface area contributed by atoms with Gasteiger partial charge >= 0.3 is 6.18 Å². The Hall–Kier alpha value is -3.15. The first-order valence-electron chi connectivity index (χ1n) is 8.44. The fourth-order valence-corrected chi connectivity index (χ4v) is 3.50. The lowest BCUT2D eigenvalue weighted by Crippen LogP contribution is -2.14. The normalized spacial score (nSPS) is 12.1. The summed E-state index contributed by atoms with van der Waals surface area (Å²) in [5.74, 6) is -1.78. The summed E-state index contributed by atoms with van der Waals surface area (Å²) < 4.78 is 75.9. The Bertz CT molecular complexity index is 1160. The highest BCUT2D eigenvalue weighted by Gasteiger charge is 2.41. The largest absolute Gasteiger partial charge is 0.480 e. The predicted molar refractivity (Wildman–Crippen MR) is 99.7 cm³/mol. The van der Waals surface area contributed by atoms with Crippen molar-refractivity contribution in [3.8, 4) is 23.3 Å². The van der Waals surface area contributed by atoms with Crippen molar-refractivity contribution in [1.82, 2.24) is 19.5 Å². The third kappa shape index (κ3) is 4.53. The Balaban J connectivity index is 2.12. The highest BCUT2D eigenvalue weighted by Crippen LogP contribution is 2.41. The standard InChI is InChI=1S/C18H17F3N4O4S/c1-25-9-12(22-17(25)30(3,26)27)14-23-15(28-2)13(18(19,20)21)16(24-14)29-10-11-7-5-4-6-8-11/h4-9H,10H2,1-3H3. The van der Waals surface area contributed by atoms with Crippen LogP contribution in [0, 0.1) is 0 Å². The molecule has 0 saturated carbocycles. The summed E-state index contributed by atoms with van der Waals surface area (Å²) in [4.78, 5) is 11.6. The number of sulfone groups is 1. The number of halogens is 3.